The zero-order chi connectivity index (χ0) is 19.0. The van der Waals surface area contributed by atoms with Crippen molar-refractivity contribution in [3.05, 3.63) is 23.8 Å². The van der Waals surface area contributed by atoms with Crippen LogP contribution in [0.1, 0.15) is 44.1 Å². The molecule has 1 unspecified atom stereocenters. The normalized spacial score (nSPS) is 23.9. The molecule has 146 valence electrons. The first kappa shape index (κ1) is 18.4. The molecule has 1 aromatic rings. The van der Waals surface area contributed by atoms with Gasteiger partial charge in [0.15, 0.2) is 0 Å². The van der Waals surface area contributed by atoms with E-state index >= 15 is 0 Å². The number of fused-ring (bicyclic) bond motifs is 1. The van der Waals surface area contributed by atoms with Crippen molar-refractivity contribution in [1.29, 1.82) is 0 Å². The Morgan fingerprint density at radius 2 is 1.96 bits per heavy atom. The van der Waals surface area contributed by atoms with E-state index in [2.05, 4.69) is 10.6 Å². The molecule has 2 N–H and O–H groups in total. The maximum absolute atomic E-state index is 13.1. The van der Waals surface area contributed by atoms with Gasteiger partial charge in [-0.25, -0.2) is 8.42 Å². The van der Waals surface area contributed by atoms with Crippen LogP contribution in [-0.4, -0.2) is 43.7 Å². The third-order valence-electron chi connectivity index (χ3n) is 5.52. The zero-order valence-electron chi connectivity index (χ0n) is 15.2. The summed E-state index contributed by atoms with van der Waals surface area (Å²) in [5.41, 5.74) is 1.54. The Morgan fingerprint density at radius 1 is 1.15 bits per heavy atom. The van der Waals surface area contributed by atoms with Crippen LogP contribution in [-0.2, 0) is 26.0 Å². The quantitative estimate of drug-likeness (QED) is 0.816. The van der Waals surface area contributed by atoms with Crippen molar-refractivity contribution in [2.24, 2.45) is 5.92 Å². The fraction of sp³-hybridized carbons (Fsp3) is 0.579. The molecule has 2 amide bonds. The highest BCUT2D eigenvalue weighted by atomic mass is 32.2. The van der Waals surface area contributed by atoms with Crippen molar-refractivity contribution in [3.8, 4) is 0 Å². The molecule has 1 atom stereocenters. The first-order valence-electron chi connectivity index (χ1n) is 9.67. The SMILES string of the molecule is O=C1CCCc2cc(S(=O)(=O)N3CCCC(C(=O)NC4CC4)C3)ccc2N1. The number of piperidine rings is 1. The van der Waals surface area contributed by atoms with E-state index in [1.807, 2.05) is 0 Å². The summed E-state index contributed by atoms with van der Waals surface area (Å²) in [6.45, 7) is 0.665. The summed E-state index contributed by atoms with van der Waals surface area (Å²) in [5, 5.41) is 5.81. The fourth-order valence-electron chi connectivity index (χ4n) is 3.78. The summed E-state index contributed by atoms with van der Waals surface area (Å²) in [6.07, 6.45) is 5.27. The molecular formula is C19H25N3O4S. The number of sulfonamides is 1. The number of rotatable bonds is 4. The Bertz CT molecular complexity index is 864. The van der Waals surface area contributed by atoms with Gasteiger partial charge in [-0.3, -0.25) is 9.59 Å². The van der Waals surface area contributed by atoms with Gasteiger partial charge < -0.3 is 10.6 Å². The number of carbonyl (C=O) groups excluding carboxylic acids is 2. The summed E-state index contributed by atoms with van der Waals surface area (Å²) < 4.78 is 27.7. The number of nitrogens with zero attached hydrogens (tertiary/aromatic N) is 1. The number of carbonyl (C=O) groups is 2. The van der Waals surface area contributed by atoms with E-state index in [0.29, 0.717) is 37.9 Å². The molecule has 7 nitrogen and oxygen atoms in total. The maximum atomic E-state index is 13.1. The van der Waals surface area contributed by atoms with E-state index in [1.54, 1.807) is 18.2 Å². The van der Waals surface area contributed by atoms with E-state index in [0.717, 1.165) is 24.8 Å². The Labute approximate surface area is 159 Å². The van der Waals surface area contributed by atoms with E-state index in [-0.39, 0.29) is 35.2 Å². The van der Waals surface area contributed by atoms with Crippen molar-refractivity contribution < 1.29 is 18.0 Å². The van der Waals surface area contributed by atoms with Crippen molar-refractivity contribution in [1.82, 2.24) is 9.62 Å². The molecule has 2 fully saturated rings. The number of nitrogens with one attached hydrogen (secondary N) is 2. The molecule has 8 heteroatoms. The molecule has 0 aromatic heterocycles. The van der Waals surface area contributed by atoms with Crippen molar-refractivity contribution in [2.45, 2.75) is 55.9 Å². The molecule has 0 radical (unpaired) electrons. The Morgan fingerprint density at radius 3 is 2.74 bits per heavy atom. The number of anilines is 1. The number of hydrogen-bond donors (Lipinski definition) is 2. The van der Waals surface area contributed by atoms with Crippen LogP contribution in [0.4, 0.5) is 5.69 Å². The number of aryl methyl sites for hydroxylation is 1. The lowest BCUT2D eigenvalue weighted by molar-refractivity contribution is -0.126. The van der Waals surface area contributed by atoms with Gasteiger partial charge in [0.25, 0.3) is 0 Å². The highest BCUT2D eigenvalue weighted by Crippen LogP contribution is 2.29. The van der Waals surface area contributed by atoms with Crippen LogP contribution in [0.25, 0.3) is 0 Å². The average Bonchev–Trinajstić information content (AvgIpc) is 3.48. The number of hydrogen-bond acceptors (Lipinski definition) is 4. The Hall–Kier alpha value is -1.93. The maximum Gasteiger partial charge on any atom is 0.243 e. The molecule has 1 aliphatic carbocycles. The average molecular weight is 391 g/mol. The lowest BCUT2D eigenvalue weighted by Crippen LogP contribution is -2.45. The van der Waals surface area contributed by atoms with Crippen LogP contribution in [0, 0.1) is 5.92 Å². The van der Waals surface area contributed by atoms with Crippen LogP contribution in [0.15, 0.2) is 23.1 Å². The lowest BCUT2D eigenvalue weighted by atomic mass is 9.99. The monoisotopic (exact) mass is 391 g/mol. The van der Waals surface area contributed by atoms with Gasteiger partial charge in [0, 0.05) is 31.2 Å². The van der Waals surface area contributed by atoms with Crippen LogP contribution in [0.5, 0.6) is 0 Å². The second-order valence-corrected chi connectivity index (χ2v) is 9.64. The molecule has 4 rings (SSSR count). The summed E-state index contributed by atoms with van der Waals surface area (Å²) in [6, 6.07) is 5.18. The second-order valence-electron chi connectivity index (χ2n) is 7.71. The standard InChI is InChI=1S/C19H25N3O4S/c23-18-5-1-3-13-11-16(8-9-17(13)21-18)27(25,26)22-10-2-4-14(12-22)19(24)20-15-6-7-15/h8-9,11,14-15H,1-7,10,12H2,(H,20,24)(H,21,23). The molecule has 0 spiro atoms. The molecule has 1 saturated carbocycles. The number of benzene rings is 1. The molecule has 2 aliphatic heterocycles. The molecule has 1 saturated heterocycles. The number of amides is 2. The highest BCUT2D eigenvalue weighted by molar-refractivity contribution is 7.89. The fourth-order valence-corrected chi connectivity index (χ4v) is 5.36. The minimum atomic E-state index is -3.66. The van der Waals surface area contributed by atoms with E-state index < -0.39 is 10.0 Å². The van der Waals surface area contributed by atoms with Crippen molar-refractivity contribution in [3.63, 3.8) is 0 Å². The summed E-state index contributed by atoms with van der Waals surface area (Å²) >= 11 is 0. The summed E-state index contributed by atoms with van der Waals surface area (Å²) in [4.78, 5) is 24.3. The predicted molar refractivity (Wildman–Crippen MR) is 101 cm³/mol. The zero-order valence-corrected chi connectivity index (χ0v) is 16.1. The second kappa shape index (κ2) is 7.24. The van der Waals surface area contributed by atoms with Gasteiger partial charge in [-0.15, -0.1) is 0 Å². The summed E-state index contributed by atoms with van der Waals surface area (Å²) in [5.74, 6) is -0.346. The molecule has 3 aliphatic rings. The van der Waals surface area contributed by atoms with Crippen molar-refractivity contribution >= 4 is 27.5 Å². The lowest BCUT2D eigenvalue weighted by Gasteiger charge is -2.31. The molecule has 0 bridgehead atoms. The smallest absolute Gasteiger partial charge is 0.243 e. The van der Waals surface area contributed by atoms with Crippen LogP contribution < -0.4 is 10.6 Å². The van der Waals surface area contributed by atoms with Crippen LogP contribution in [0.3, 0.4) is 0 Å². The Balaban J connectivity index is 1.52. The van der Waals surface area contributed by atoms with Gasteiger partial charge in [-0.05, 0) is 62.3 Å². The van der Waals surface area contributed by atoms with Crippen molar-refractivity contribution in [2.75, 3.05) is 18.4 Å². The third kappa shape index (κ3) is 4.01. The van der Waals surface area contributed by atoms with Crippen LogP contribution in [0.2, 0.25) is 0 Å². The van der Waals surface area contributed by atoms with E-state index in [9.17, 15) is 18.0 Å². The van der Waals surface area contributed by atoms with E-state index in [4.69, 9.17) is 0 Å². The first-order chi connectivity index (χ1) is 12.9. The highest BCUT2D eigenvalue weighted by Gasteiger charge is 2.35. The van der Waals surface area contributed by atoms with Gasteiger partial charge in [-0.1, -0.05) is 0 Å². The molecule has 1 aromatic carbocycles. The Kier molecular flexibility index (Phi) is 4.94. The molecule has 27 heavy (non-hydrogen) atoms. The van der Waals surface area contributed by atoms with E-state index in [1.165, 1.54) is 4.31 Å². The molecular weight excluding hydrogens is 366 g/mol. The van der Waals surface area contributed by atoms with Crippen LogP contribution >= 0.6 is 0 Å². The summed E-state index contributed by atoms with van der Waals surface area (Å²) in [7, 11) is -3.66. The molecule has 2 heterocycles. The van der Waals surface area contributed by atoms with Gasteiger partial charge in [0.1, 0.15) is 0 Å². The minimum absolute atomic E-state index is 0.0259. The van der Waals surface area contributed by atoms with Gasteiger partial charge in [0.2, 0.25) is 21.8 Å². The first-order valence-corrected chi connectivity index (χ1v) is 11.1. The predicted octanol–water partition coefficient (Wildman–Crippen LogP) is 1.64. The third-order valence-corrected chi connectivity index (χ3v) is 7.38. The van der Waals surface area contributed by atoms with Gasteiger partial charge >= 0.3 is 0 Å². The van der Waals surface area contributed by atoms with Gasteiger partial charge in [-0.2, -0.15) is 4.31 Å². The topological polar surface area (TPSA) is 95.6 Å². The largest absolute Gasteiger partial charge is 0.353 e. The minimum Gasteiger partial charge on any atom is -0.353 e. The van der Waals surface area contributed by atoms with Gasteiger partial charge in [0.05, 0.1) is 10.8 Å².